The number of hydrogen-bond donors (Lipinski definition) is 0. The molecule has 1 amide bonds. The number of esters is 1. The van der Waals surface area contributed by atoms with Gasteiger partial charge >= 0.3 is 18.3 Å². The van der Waals surface area contributed by atoms with E-state index in [-0.39, 0.29) is 22.5 Å². The number of likely N-dealkylation sites (tertiary alicyclic amines) is 1. The van der Waals surface area contributed by atoms with Gasteiger partial charge in [-0.25, -0.2) is 4.79 Å². The van der Waals surface area contributed by atoms with Crippen molar-refractivity contribution in [2.45, 2.75) is 37.8 Å². The lowest BCUT2D eigenvalue weighted by Gasteiger charge is -2.23. The quantitative estimate of drug-likeness (QED) is 0.236. The average Bonchev–Trinajstić information content (AvgIpc) is 3.53. The second-order valence-corrected chi connectivity index (χ2v) is 9.76. The van der Waals surface area contributed by atoms with Crippen molar-refractivity contribution in [1.82, 2.24) is 4.90 Å². The highest BCUT2D eigenvalue weighted by Crippen LogP contribution is 2.39. The predicted molar refractivity (Wildman–Crippen MR) is 134 cm³/mol. The molecule has 7 nitrogen and oxygen atoms in total. The number of carbonyl (C=O) groups is 2. The Hall–Kier alpha value is -3.68. The molecule has 0 radical (unpaired) electrons. The normalized spacial score (nSPS) is 18.8. The van der Waals surface area contributed by atoms with Gasteiger partial charge in [0.15, 0.2) is 16.7 Å². The Morgan fingerprint density at radius 1 is 1.07 bits per heavy atom. The highest BCUT2D eigenvalue weighted by Gasteiger charge is 2.39. The van der Waals surface area contributed by atoms with Crippen LogP contribution in [0.3, 0.4) is 0 Å². The minimum atomic E-state index is -5.03. The van der Waals surface area contributed by atoms with E-state index in [0.29, 0.717) is 29.8 Å². The van der Waals surface area contributed by atoms with E-state index in [2.05, 4.69) is 4.99 Å². The van der Waals surface area contributed by atoms with E-state index < -0.39 is 53.6 Å². The summed E-state index contributed by atoms with van der Waals surface area (Å²) in [6, 6.07) is 5.23. The number of thioether (sulfide) groups is 1. The van der Waals surface area contributed by atoms with Crippen molar-refractivity contribution in [2.24, 2.45) is 4.99 Å². The smallest absolute Gasteiger partial charge is 0.416 e. The first-order valence-electron chi connectivity index (χ1n) is 11.8. The third-order valence-electron chi connectivity index (χ3n) is 6.19. The predicted octanol–water partition coefficient (Wildman–Crippen LogP) is 5.92. The van der Waals surface area contributed by atoms with Crippen LogP contribution in [0.5, 0.6) is 11.5 Å². The molecule has 0 aromatic heterocycles. The number of benzene rings is 2. The minimum absolute atomic E-state index is 0.0398. The van der Waals surface area contributed by atoms with E-state index in [1.54, 1.807) is 4.90 Å². The van der Waals surface area contributed by atoms with Gasteiger partial charge in [-0.15, -0.1) is 0 Å². The van der Waals surface area contributed by atoms with Gasteiger partial charge in [-0.3, -0.25) is 4.79 Å². The summed E-state index contributed by atoms with van der Waals surface area (Å²) in [5.41, 5.74) is -2.87. The molecule has 14 heteroatoms. The first kappa shape index (κ1) is 29.3. The molecule has 40 heavy (non-hydrogen) atoms. The standard InChI is InChI=1S/C26H22F6N2O5S/c1-37-20-10-14(11-21-22(35)33-24(40-21)34-9-3-4-18(34)23(36)38-2)5-8-19(20)39-13-15-6-7-16(25(27,28)29)12-17(15)26(30,31)32/h5-8,10-12,18H,3-4,9,13H2,1-2H3/b21-11+/t18-/m0/s1. The Bertz CT molecular complexity index is 1370. The fourth-order valence-electron chi connectivity index (χ4n) is 4.24. The molecule has 0 aliphatic carbocycles. The number of ether oxygens (including phenoxy) is 3. The number of carbonyl (C=O) groups excluding carboxylic acids is 2. The zero-order valence-corrected chi connectivity index (χ0v) is 21.9. The first-order chi connectivity index (χ1) is 18.8. The Morgan fingerprint density at radius 2 is 1.82 bits per heavy atom. The summed E-state index contributed by atoms with van der Waals surface area (Å²) in [6.07, 6.45) is -7.11. The van der Waals surface area contributed by atoms with Crippen LogP contribution < -0.4 is 9.47 Å². The molecule has 4 rings (SSSR count). The van der Waals surface area contributed by atoms with Crippen LogP contribution in [0.1, 0.15) is 35.1 Å². The van der Waals surface area contributed by atoms with E-state index in [4.69, 9.17) is 14.2 Å². The Balaban J connectivity index is 1.50. The molecule has 1 saturated heterocycles. The van der Waals surface area contributed by atoms with Gasteiger partial charge in [0.1, 0.15) is 12.6 Å². The molecule has 0 N–H and O–H groups in total. The summed E-state index contributed by atoms with van der Waals surface area (Å²) in [4.78, 5) is 30.6. The maximum absolute atomic E-state index is 13.5. The fraction of sp³-hybridized carbons (Fsp3) is 0.346. The van der Waals surface area contributed by atoms with E-state index in [1.807, 2.05) is 0 Å². The number of alkyl halides is 6. The Kier molecular flexibility index (Phi) is 8.38. The van der Waals surface area contributed by atoms with Crippen LogP contribution >= 0.6 is 11.8 Å². The number of hydrogen-bond acceptors (Lipinski definition) is 7. The van der Waals surface area contributed by atoms with E-state index in [9.17, 15) is 35.9 Å². The summed E-state index contributed by atoms with van der Waals surface area (Å²) in [7, 11) is 2.59. The molecule has 1 fully saturated rings. The van der Waals surface area contributed by atoms with E-state index in [0.717, 1.165) is 24.2 Å². The summed E-state index contributed by atoms with van der Waals surface area (Å²) < 4.78 is 94.8. The zero-order chi connectivity index (χ0) is 29.2. The number of amides is 1. The molecule has 2 aliphatic heterocycles. The van der Waals surface area contributed by atoms with E-state index in [1.165, 1.54) is 38.5 Å². The van der Waals surface area contributed by atoms with Gasteiger partial charge in [-0.2, -0.15) is 31.3 Å². The number of rotatable bonds is 6. The number of methoxy groups -OCH3 is 2. The molecule has 0 spiro atoms. The second kappa shape index (κ2) is 11.4. The molecule has 2 heterocycles. The van der Waals surface area contributed by atoms with Crippen molar-refractivity contribution in [2.75, 3.05) is 20.8 Å². The van der Waals surface area contributed by atoms with Crippen molar-refractivity contribution < 1.29 is 50.1 Å². The number of halogens is 6. The fourth-order valence-corrected chi connectivity index (χ4v) is 5.23. The lowest BCUT2D eigenvalue weighted by atomic mass is 10.0. The molecule has 0 saturated carbocycles. The van der Waals surface area contributed by atoms with Crippen LogP contribution in [-0.2, 0) is 33.3 Å². The van der Waals surface area contributed by atoms with Gasteiger partial charge in [0.25, 0.3) is 5.91 Å². The second-order valence-electron chi connectivity index (χ2n) is 8.75. The Labute approximate surface area is 228 Å². The van der Waals surface area contributed by atoms with Crippen molar-refractivity contribution in [3.63, 3.8) is 0 Å². The van der Waals surface area contributed by atoms with Gasteiger partial charge < -0.3 is 19.1 Å². The molecule has 1 atom stereocenters. The zero-order valence-electron chi connectivity index (χ0n) is 21.1. The van der Waals surface area contributed by atoms with Crippen molar-refractivity contribution in [3.8, 4) is 11.5 Å². The Morgan fingerprint density at radius 3 is 2.48 bits per heavy atom. The molecular formula is C26H22F6N2O5S. The van der Waals surface area contributed by atoms with Gasteiger partial charge in [0.05, 0.1) is 30.3 Å². The molecular weight excluding hydrogens is 566 g/mol. The van der Waals surface area contributed by atoms with Crippen LogP contribution in [-0.4, -0.2) is 48.8 Å². The summed E-state index contributed by atoms with van der Waals surface area (Å²) in [5, 5.41) is 0.382. The topological polar surface area (TPSA) is 77.4 Å². The van der Waals surface area contributed by atoms with Crippen molar-refractivity contribution in [3.05, 3.63) is 63.6 Å². The van der Waals surface area contributed by atoms with Crippen molar-refractivity contribution in [1.29, 1.82) is 0 Å². The summed E-state index contributed by atoms with van der Waals surface area (Å²) in [6.45, 7) is -0.131. The van der Waals surface area contributed by atoms with Gasteiger partial charge in [0, 0.05) is 12.1 Å². The summed E-state index contributed by atoms with van der Waals surface area (Å²) in [5.74, 6) is -0.754. The number of aliphatic imine (C=N–C) groups is 1. The number of nitrogens with zero attached hydrogens (tertiary/aromatic N) is 2. The molecule has 0 unspecified atom stereocenters. The third-order valence-corrected chi connectivity index (χ3v) is 7.21. The maximum atomic E-state index is 13.5. The summed E-state index contributed by atoms with van der Waals surface area (Å²) >= 11 is 1.10. The monoisotopic (exact) mass is 588 g/mol. The van der Waals surface area contributed by atoms with Crippen LogP contribution in [0.25, 0.3) is 6.08 Å². The SMILES string of the molecule is COC(=O)[C@@H]1CCCN1C1=NC(=O)/C(=C\c2ccc(OCc3ccc(C(F)(F)F)cc3C(F)(F)F)c(OC)c2)S1. The lowest BCUT2D eigenvalue weighted by Crippen LogP contribution is -2.39. The maximum Gasteiger partial charge on any atom is 0.416 e. The largest absolute Gasteiger partial charge is 0.493 e. The van der Waals surface area contributed by atoms with Crippen LogP contribution in [0.15, 0.2) is 46.3 Å². The average molecular weight is 589 g/mol. The van der Waals surface area contributed by atoms with Crippen LogP contribution in [0, 0.1) is 0 Å². The van der Waals surface area contributed by atoms with Crippen LogP contribution in [0.4, 0.5) is 26.3 Å². The molecule has 2 aromatic rings. The molecule has 0 bridgehead atoms. The van der Waals surface area contributed by atoms with Crippen LogP contribution in [0.2, 0.25) is 0 Å². The highest BCUT2D eigenvalue weighted by molar-refractivity contribution is 8.18. The lowest BCUT2D eigenvalue weighted by molar-refractivity contribution is -0.145. The van der Waals surface area contributed by atoms with Gasteiger partial charge in [-0.05, 0) is 60.5 Å². The van der Waals surface area contributed by atoms with E-state index >= 15 is 0 Å². The van der Waals surface area contributed by atoms with Gasteiger partial charge in [-0.1, -0.05) is 12.1 Å². The van der Waals surface area contributed by atoms with Crippen molar-refractivity contribution >= 4 is 34.9 Å². The van der Waals surface area contributed by atoms with Gasteiger partial charge in [0.2, 0.25) is 0 Å². The third kappa shape index (κ3) is 6.37. The highest BCUT2D eigenvalue weighted by atomic mass is 32.2. The molecule has 2 aromatic carbocycles. The molecule has 214 valence electrons. The molecule has 2 aliphatic rings. The minimum Gasteiger partial charge on any atom is -0.493 e. The first-order valence-corrected chi connectivity index (χ1v) is 12.6. The number of amidine groups is 1.